The van der Waals surface area contributed by atoms with E-state index in [0.717, 1.165) is 0 Å². The van der Waals surface area contributed by atoms with Crippen LogP contribution in [0.2, 0.25) is 5.02 Å². The Bertz CT molecular complexity index is 310. The molecule has 0 amide bonds. The number of halogens is 1. The van der Waals surface area contributed by atoms with Crippen molar-refractivity contribution in [1.82, 2.24) is 9.97 Å². The summed E-state index contributed by atoms with van der Waals surface area (Å²) in [6, 6.07) is 0. The fourth-order valence-electron chi connectivity index (χ4n) is 0.786. The lowest BCUT2D eigenvalue weighted by atomic mass is 10.4. The highest BCUT2D eigenvalue weighted by Gasteiger charge is 2.07. The Labute approximate surface area is 85.7 Å². The second-order valence-corrected chi connectivity index (χ2v) is 3.02. The maximum Gasteiger partial charge on any atom is 0.150 e. The molecule has 5 N–H and O–H groups in total. The maximum absolute atomic E-state index is 9.05. The molecule has 1 unspecified atom stereocenters. The first-order chi connectivity index (χ1) is 6.65. The van der Waals surface area contributed by atoms with Crippen LogP contribution in [0.5, 0.6) is 0 Å². The third-order valence-electron chi connectivity index (χ3n) is 1.53. The summed E-state index contributed by atoms with van der Waals surface area (Å²) in [6.45, 7) is -0.183. The first-order valence-electron chi connectivity index (χ1n) is 3.94. The molecule has 0 radical (unpaired) electrons. The van der Waals surface area contributed by atoms with E-state index in [0.29, 0.717) is 5.82 Å². The Morgan fingerprint density at radius 2 is 2.29 bits per heavy atom. The van der Waals surface area contributed by atoms with Gasteiger partial charge in [-0.2, -0.15) is 0 Å². The molecule has 0 aliphatic rings. The largest absolute Gasteiger partial charge is 0.394 e. The van der Waals surface area contributed by atoms with Gasteiger partial charge in [-0.15, -0.1) is 0 Å². The predicted octanol–water partition coefficient (Wildman–Crippen LogP) is -0.523. The molecule has 1 rings (SSSR count). The van der Waals surface area contributed by atoms with Crippen LogP contribution in [0.4, 0.5) is 11.6 Å². The topological polar surface area (TPSA) is 104 Å². The van der Waals surface area contributed by atoms with Gasteiger partial charge < -0.3 is 21.3 Å². The molecule has 1 aromatic rings. The van der Waals surface area contributed by atoms with Gasteiger partial charge in [-0.05, 0) is 0 Å². The Morgan fingerprint density at radius 1 is 1.57 bits per heavy atom. The number of rotatable bonds is 4. The molecule has 0 aliphatic carbocycles. The highest BCUT2D eigenvalue weighted by molar-refractivity contribution is 6.35. The van der Waals surface area contributed by atoms with Crippen molar-refractivity contribution in [1.29, 1.82) is 0 Å². The lowest BCUT2D eigenvalue weighted by molar-refractivity contribution is 0.105. The molecule has 0 saturated heterocycles. The molecule has 0 fully saturated rings. The van der Waals surface area contributed by atoms with Gasteiger partial charge in [0.2, 0.25) is 0 Å². The molecular formula is C7H11ClN4O2. The Hall–Kier alpha value is -1.11. The third kappa shape index (κ3) is 2.69. The Kier molecular flexibility index (Phi) is 3.87. The lowest BCUT2D eigenvalue weighted by Crippen LogP contribution is -2.23. The number of nitrogens with zero attached hydrogens (tertiary/aromatic N) is 2. The number of hydrogen-bond donors (Lipinski definition) is 4. The minimum atomic E-state index is -0.859. The fraction of sp³-hybridized carbons (Fsp3) is 0.429. The number of aliphatic hydroxyl groups is 2. The van der Waals surface area contributed by atoms with Gasteiger partial charge in [-0.1, -0.05) is 11.6 Å². The zero-order chi connectivity index (χ0) is 10.6. The van der Waals surface area contributed by atoms with Gasteiger partial charge in [-0.3, -0.25) is 0 Å². The molecule has 0 aromatic carbocycles. The second-order valence-electron chi connectivity index (χ2n) is 2.64. The quantitative estimate of drug-likeness (QED) is 0.542. The van der Waals surface area contributed by atoms with Crippen molar-refractivity contribution in [2.45, 2.75) is 6.10 Å². The van der Waals surface area contributed by atoms with Crippen LogP contribution in [0.15, 0.2) is 6.33 Å². The van der Waals surface area contributed by atoms with Gasteiger partial charge in [0.15, 0.2) is 5.82 Å². The summed E-state index contributed by atoms with van der Waals surface area (Å²) in [5.74, 6) is 0.509. The molecule has 0 spiro atoms. The predicted molar refractivity (Wildman–Crippen MR) is 53.0 cm³/mol. The molecule has 14 heavy (non-hydrogen) atoms. The molecule has 6 nitrogen and oxygen atoms in total. The molecular weight excluding hydrogens is 208 g/mol. The van der Waals surface area contributed by atoms with Crippen LogP contribution < -0.4 is 11.1 Å². The van der Waals surface area contributed by atoms with Crippen molar-refractivity contribution in [3.05, 3.63) is 11.3 Å². The molecule has 0 aliphatic heterocycles. The minimum absolute atomic E-state index is 0.146. The van der Waals surface area contributed by atoms with Gasteiger partial charge in [0.1, 0.15) is 17.2 Å². The zero-order valence-electron chi connectivity index (χ0n) is 7.31. The van der Waals surface area contributed by atoms with E-state index in [-0.39, 0.29) is 24.0 Å². The van der Waals surface area contributed by atoms with E-state index in [9.17, 15) is 0 Å². The number of nitrogens with two attached hydrogens (primary N) is 1. The van der Waals surface area contributed by atoms with Crippen molar-refractivity contribution in [3.8, 4) is 0 Å². The summed E-state index contributed by atoms with van der Waals surface area (Å²) in [5.41, 5.74) is 5.42. The van der Waals surface area contributed by atoms with Crippen molar-refractivity contribution >= 4 is 23.2 Å². The molecule has 1 aromatic heterocycles. The van der Waals surface area contributed by atoms with Crippen molar-refractivity contribution in [3.63, 3.8) is 0 Å². The molecule has 1 heterocycles. The highest BCUT2D eigenvalue weighted by atomic mass is 35.5. The Balaban J connectivity index is 2.63. The molecule has 1 atom stereocenters. The van der Waals surface area contributed by atoms with Crippen LogP contribution in [0, 0.1) is 0 Å². The number of anilines is 2. The van der Waals surface area contributed by atoms with Gasteiger partial charge in [0.25, 0.3) is 0 Å². The van der Waals surface area contributed by atoms with E-state index in [4.69, 9.17) is 27.5 Å². The first-order valence-corrected chi connectivity index (χ1v) is 4.31. The van der Waals surface area contributed by atoms with Crippen molar-refractivity contribution in [2.75, 3.05) is 24.2 Å². The normalized spacial score (nSPS) is 12.5. The number of nitrogen functional groups attached to an aromatic ring is 1. The maximum atomic E-state index is 9.05. The number of aromatic nitrogens is 2. The highest BCUT2D eigenvalue weighted by Crippen LogP contribution is 2.22. The smallest absolute Gasteiger partial charge is 0.150 e. The van der Waals surface area contributed by atoms with E-state index >= 15 is 0 Å². The summed E-state index contributed by atoms with van der Waals surface area (Å²) >= 11 is 5.76. The van der Waals surface area contributed by atoms with E-state index in [1.54, 1.807) is 0 Å². The van der Waals surface area contributed by atoms with Crippen molar-refractivity contribution < 1.29 is 10.2 Å². The van der Waals surface area contributed by atoms with E-state index in [2.05, 4.69) is 15.3 Å². The SMILES string of the molecule is Nc1ncnc(NCC(O)CO)c1Cl. The third-order valence-corrected chi connectivity index (χ3v) is 1.90. The standard InChI is InChI=1S/C7H11ClN4O2/c8-5-6(9)11-3-12-7(5)10-1-4(14)2-13/h3-4,13-14H,1-2H2,(H3,9,10,11,12). The van der Waals surface area contributed by atoms with Gasteiger partial charge in [-0.25, -0.2) is 9.97 Å². The molecule has 7 heteroatoms. The van der Waals surface area contributed by atoms with Gasteiger partial charge >= 0.3 is 0 Å². The molecule has 0 bridgehead atoms. The average Bonchev–Trinajstić information content (AvgIpc) is 2.20. The molecule has 0 saturated carbocycles. The fourth-order valence-corrected chi connectivity index (χ4v) is 0.950. The van der Waals surface area contributed by atoms with Crippen LogP contribution in [0.3, 0.4) is 0 Å². The van der Waals surface area contributed by atoms with Crippen LogP contribution in [0.25, 0.3) is 0 Å². The van der Waals surface area contributed by atoms with Crippen LogP contribution >= 0.6 is 11.6 Å². The van der Waals surface area contributed by atoms with Gasteiger partial charge in [0, 0.05) is 6.54 Å². The lowest BCUT2D eigenvalue weighted by Gasteiger charge is -2.10. The van der Waals surface area contributed by atoms with E-state index < -0.39 is 6.10 Å². The number of aliphatic hydroxyl groups excluding tert-OH is 2. The average molecular weight is 219 g/mol. The molecule has 78 valence electrons. The van der Waals surface area contributed by atoms with Crippen molar-refractivity contribution in [2.24, 2.45) is 0 Å². The summed E-state index contributed by atoms with van der Waals surface area (Å²) < 4.78 is 0. The van der Waals surface area contributed by atoms with E-state index in [1.807, 2.05) is 0 Å². The number of nitrogens with one attached hydrogen (secondary N) is 1. The second kappa shape index (κ2) is 4.94. The van der Waals surface area contributed by atoms with Crippen LogP contribution in [-0.2, 0) is 0 Å². The van der Waals surface area contributed by atoms with Crippen LogP contribution in [-0.4, -0.2) is 39.4 Å². The summed E-state index contributed by atoms with van der Waals surface area (Å²) in [6.07, 6.45) is 0.400. The number of hydrogen-bond acceptors (Lipinski definition) is 6. The zero-order valence-corrected chi connectivity index (χ0v) is 8.07. The summed E-state index contributed by atoms with van der Waals surface area (Å²) in [4.78, 5) is 7.49. The van der Waals surface area contributed by atoms with Crippen LogP contribution in [0.1, 0.15) is 0 Å². The summed E-state index contributed by atoms with van der Waals surface area (Å²) in [7, 11) is 0. The Morgan fingerprint density at radius 3 is 2.93 bits per heavy atom. The monoisotopic (exact) mass is 218 g/mol. The van der Waals surface area contributed by atoms with E-state index in [1.165, 1.54) is 6.33 Å². The summed E-state index contributed by atoms with van der Waals surface area (Å²) in [5, 5.41) is 20.5. The first kappa shape index (κ1) is 11.0. The minimum Gasteiger partial charge on any atom is -0.394 e. The van der Waals surface area contributed by atoms with Gasteiger partial charge in [0.05, 0.1) is 12.7 Å².